The SMILES string of the molecule is CCC1CN(Cc2ccc(OC)c(O)c2)CCO1. The van der Waals surface area contributed by atoms with Gasteiger partial charge in [-0.05, 0) is 24.1 Å². The zero-order valence-corrected chi connectivity index (χ0v) is 11.1. The number of ether oxygens (including phenoxy) is 2. The zero-order chi connectivity index (χ0) is 13.0. The Morgan fingerprint density at radius 3 is 3.00 bits per heavy atom. The Morgan fingerprint density at radius 2 is 2.33 bits per heavy atom. The second-order valence-electron chi connectivity index (χ2n) is 4.64. The minimum atomic E-state index is 0.204. The van der Waals surface area contributed by atoms with Crippen molar-refractivity contribution < 1.29 is 14.6 Å². The molecule has 1 heterocycles. The van der Waals surface area contributed by atoms with Gasteiger partial charge in [-0.2, -0.15) is 0 Å². The van der Waals surface area contributed by atoms with Crippen LogP contribution in [0.25, 0.3) is 0 Å². The van der Waals surface area contributed by atoms with Crippen molar-refractivity contribution in [2.45, 2.75) is 26.0 Å². The van der Waals surface area contributed by atoms with Crippen LogP contribution >= 0.6 is 0 Å². The number of phenols is 1. The molecule has 0 bridgehead atoms. The normalized spacial score (nSPS) is 20.9. The number of rotatable bonds is 4. The summed E-state index contributed by atoms with van der Waals surface area (Å²) in [7, 11) is 1.56. The molecule has 18 heavy (non-hydrogen) atoms. The van der Waals surface area contributed by atoms with Crippen LogP contribution in [0.2, 0.25) is 0 Å². The van der Waals surface area contributed by atoms with Crippen molar-refractivity contribution in [1.29, 1.82) is 0 Å². The minimum absolute atomic E-state index is 0.204. The highest BCUT2D eigenvalue weighted by molar-refractivity contribution is 5.41. The summed E-state index contributed by atoms with van der Waals surface area (Å²) >= 11 is 0. The molecule has 1 unspecified atom stereocenters. The van der Waals surface area contributed by atoms with Gasteiger partial charge in [-0.3, -0.25) is 4.90 Å². The third-order valence-corrected chi connectivity index (χ3v) is 3.33. The fourth-order valence-corrected chi connectivity index (χ4v) is 2.26. The van der Waals surface area contributed by atoms with E-state index in [9.17, 15) is 5.11 Å². The van der Waals surface area contributed by atoms with Crippen LogP contribution < -0.4 is 4.74 Å². The van der Waals surface area contributed by atoms with E-state index in [1.807, 2.05) is 12.1 Å². The van der Waals surface area contributed by atoms with Crippen molar-refractivity contribution in [3.63, 3.8) is 0 Å². The predicted octanol–water partition coefficient (Wildman–Crippen LogP) is 2.01. The Bertz CT molecular complexity index is 395. The average Bonchev–Trinajstić information content (AvgIpc) is 2.39. The summed E-state index contributed by atoms with van der Waals surface area (Å²) in [5.41, 5.74) is 1.10. The lowest BCUT2D eigenvalue weighted by Crippen LogP contribution is -2.41. The quantitative estimate of drug-likeness (QED) is 0.889. The van der Waals surface area contributed by atoms with Crippen LogP contribution in [0.5, 0.6) is 11.5 Å². The molecule has 100 valence electrons. The molecule has 4 nitrogen and oxygen atoms in total. The molecule has 0 saturated carbocycles. The molecule has 0 radical (unpaired) electrons. The zero-order valence-electron chi connectivity index (χ0n) is 11.1. The molecule has 1 aromatic carbocycles. The van der Waals surface area contributed by atoms with E-state index in [1.54, 1.807) is 13.2 Å². The lowest BCUT2D eigenvalue weighted by atomic mass is 10.1. The monoisotopic (exact) mass is 251 g/mol. The second-order valence-corrected chi connectivity index (χ2v) is 4.64. The van der Waals surface area contributed by atoms with E-state index in [4.69, 9.17) is 9.47 Å². The van der Waals surface area contributed by atoms with Crippen LogP contribution in [-0.2, 0) is 11.3 Å². The smallest absolute Gasteiger partial charge is 0.160 e. The Kier molecular flexibility index (Phi) is 4.44. The Hall–Kier alpha value is -1.26. The molecule has 1 fully saturated rings. The first-order valence-corrected chi connectivity index (χ1v) is 6.42. The Labute approximate surface area is 108 Å². The van der Waals surface area contributed by atoms with Gasteiger partial charge in [0.05, 0.1) is 19.8 Å². The first-order valence-electron chi connectivity index (χ1n) is 6.42. The van der Waals surface area contributed by atoms with Gasteiger partial charge in [0.15, 0.2) is 11.5 Å². The molecule has 0 amide bonds. The summed E-state index contributed by atoms with van der Waals surface area (Å²) in [6.07, 6.45) is 1.38. The molecule has 1 aromatic rings. The minimum Gasteiger partial charge on any atom is -0.504 e. The molecular formula is C14H21NO3. The lowest BCUT2D eigenvalue weighted by molar-refractivity contribution is -0.0324. The van der Waals surface area contributed by atoms with Crippen molar-refractivity contribution in [2.75, 3.05) is 26.8 Å². The molecule has 1 aliphatic rings. The molecule has 1 aliphatic heterocycles. The van der Waals surface area contributed by atoms with E-state index in [0.717, 1.165) is 38.2 Å². The summed E-state index contributed by atoms with van der Waals surface area (Å²) in [6.45, 7) is 5.69. The summed E-state index contributed by atoms with van der Waals surface area (Å²) in [5, 5.41) is 9.75. The highest BCUT2D eigenvalue weighted by Crippen LogP contribution is 2.27. The molecule has 0 aromatic heterocycles. The number of aromatic hydroxyl groups is 1. The van der Waals surface area contributed by atoms with Crippen LogP contribution in [0.4, 0.5) is 0 Å². The molecule has 4 heteroatoms. The molecule has 0 aliphatic carbocycles. The van der Waals surface area contributed by atoms with Crippen LogP contribution in [0.3, 0.4) is 0 Å². The molecule has 1 N–H and O–H groups in total. The van der Waals surface area contributed by atoms with Gasteiger partial charge >= 0.3 is 0 Å². The fraction of sp³-hybridized carbons (Fsp3) is 0.571. The average molecular weight is 251 g/mol. The number of morpholine rings is 1. The first-order chi connectivity index (χ1) is 8.72. The van der Waals surface area contributed by atoms with Gasteiger partial charge in [0, 0.05) is 19.6 Å². The summed E-state index contributed by atoms with van der Waals surface area (Å²) in [6, 6.07) is 5.58. The van der Waals surface area contributed by atoms with E-state index in [0.29, 0.717) is 11.9 Å². The summed E-state index contributed by atoms with van der Waals surface area (Å²) in [4.78, 5) is 2.36. The molecular weight excluding hydrogens is 230 g/mol. The van der Waals surface area contributed by atoms with E-state index >= 15 is 0 Å². The topological polar surface area (TPSA) is 41.9 Å². The molecule has 1 atom stereocenters. The van der Waals surface area contributed by atoms with E-state index in [1.165, 1.54) is 0 Å². The van der Waals surface area contributed by atoms with Crippen LogP contribution in [0.1, 0.15) is 18.9 Å². The maximum atomic E-state index is 9.75. The number of nitrogens with zero attached hydrogens (tertiary/aromatic N) is 1. The van der Waals surface area contributed by atoms with E-state index < -0.39 is 0 Å². The molecule has 0 spiro atoms. The van der Waals surface area contributed by atoms with Crippen molar-refractivity contribution in [1.82, 2.24) is 4.90 Å². The number of hydrogen-bond acceptors (Lipinski definition) is 4. The van der Waals surface area contributed by atoms with Gasteiger partial charge in [-0.25, -0.2) is 0 Å². The standard InChI is InChI=1S/C14H21NO3/c1-3-12-10-15(6-7-18-12)9-11-4-5-14(17-2)13(16)8-11/h4-5,8,12,16H,3,6-7,9-10H2,1-2H3. The molecule has 1 saturated heterocycles. The van der Waals surface area contributed by atoms with Crippen LogP contribution in [-0.4, -0.2) is 42.9 Å². The third kappa shape index (κ3) is 3.15. The highest BCUT2D eigenvalue weighted by atomic mass is 16.5. The van der Waals surface area contributed by atoms with Gasteiger partial charge in [-0.1, -0.05) is 13.0 Å². The number of phenolic OH excluding ortho intramolecular Hbond substituents is 1. The van der Waals surface area contributed by atoms with Gasteiger partial charge in [0.1, 0.15) is 0 Å². The van der Waals surface area contributed by atoms with Crippen LogP contribution in [0, 0.1) is 0 Å². The van der Waals surface area contributed by atoms with Crippen molar-refractivity contribution in [2.24, 2.45) is 0 Å². The number of methoxy groups -OCH3 is 1. The molecule has 2 rings (SSSR count). The number of hydrogen-bond donors (Lipinski definition) is 1. The van der Waals surface area contributed by atoms with E-state index in [-0.39, 0.29) is 5.75 Å². The maximum absolute atomic E-state index is 9.75. The van der Waals surface area contributed by atoms with Crippen molar-refractivity contribution in [3.05, 3.63) is 23.8 Å². The van der Waals surface area contributed by atoms with Gasteiger partial charge in [0.25, 0.3) is 0 Å². The lowest BCUT2D eigenvalue weighted by Gasteiger charge is -2.32. The highest BCUT2D eigenvalue weighted by Gasteiger charge is 2.19. The van der Waals surface area contributed by atoms with Crippen molar-refractivity contribution >= 4 is 0 Å². The third-order valence-electron chi connectivity index (χ3n) is 3.33. The maximum Gasteiger partial charge on any atom is 0.160 e. The first kappa shape index (κ1) is 13.2. The van der Waals surface area contributed by atoms with E-state index in [2.05, 4.69) is 11.8 Å². The summed E-state index contributed by atoms with van der Waals surface area (Å²) < 4.78 is 10.7. The van der Waals surface area contributed by atoms with Crippen molar-refractivity contribution in [3.8, 4) is 11.5 Å². The van der Waals surface area contributed by atoms with Crippen LogP contribution in [0.15, 0.2) is 18.2 Å². The fourth-order valence-electron chi connectivity index (χ4n) is 2.26. The predicted molar refractivity (Wildman–Crippen MR) is 70.0 cm³/mol. The Morgan fingerprint density at radius 1 is 1.50 bits per heavy atom. The van der Waals surface area contributed by atoms with Gasteiger partial charge < -0.3 is 14.6 Å². The van der Waals surface area contributed by atoms with Gasteiger partial charge in [-0.15, -0.1) is 0 Å². The summed E-state index contributed by atoms with van der Waals surface area (Å²) in [5.74, 6) is 0.725. The largest absolute Gasteiger partial charge is 0.504 e. The second kappa shape index (κ2) is 6.07. The number of benzene rings is 1. The van der Waals surface area contributed by atoms with Gasteiger partial charge in [0.2, 0.25) is 0 Å². The Balaban J connectivity index is 1.98.